The van der Waals surface area contributed by atoms with E-state index in [2.05, 4.69) is 25.6 Å². The molecule has 8 heteroatoms. The number of pyridine rings is 1. The number of nitrogens with two attached hydrogens (primary N) is 1. The van der Waals surface area contributed by atoms with Crippen molar-refractivity contribution in [3.8, 4) is 11.5 Å². The predicted molar refractivity (Wildman–Crippen MR) is 94.7 cm³/mol. The number of hydrogen-bond donors (Lipinski definition) is 3. The summed E-state index contributed by atoms with van der Waals surface area (Å²) in [5.74, 6) is 2.42. The van der Waals surface area contributed by atoms with Gasteiger partial charge in [0.1, 0.15) is 25.2 Å². The SMILES string of the molecule is Nc1c(Nc2cccnc2)ncnc1Nc1ccc2c(c1)OCCO2. The summed E-state index contributed by atoms with van der Waals surface area (Å²) in [4.78, 5) is 12.5. The van der Waals surface area contributed by atoms with Crippen LogP contribution in [0.3, 0.4) is 0 Å². The fourth-order valence-corrected chi connectivity index (χ4v) is 2.43. The molecule has 25 heavy (non-hydrogen) atoms. The summed E-state index contributed by atoms with van der Waals surface area (Å²) in [5, 5.41) is 6.31. The first-order valence-corrected chi connectivity index (χ1v) is 7.74. The number of fused-ring (bicyclic) bond motifs is 1. The zero-order chi connectivity index (χ0) is 17.1. The van der Waals surface area contributed by atoms with Crippen molar-refractivity contribution in [1.29, 1.82) is 0 Å². The summed E-state index contributed by atoms with van der Waals surface area (Å²) in [5.41, 5.74) is 8.18. The Morgan fingerprint density at radius 1 is 0.920 bits per heavy atom. The van der Waals surface area contributed by atoms with Crippen molar-refractivity contribution in [3.63, 3.8) is 0 Å². The number of ether oxygens (including phenoxy) is 2. The van der Waals surface area contributed by atoms with Gasteiger partial charge in [0, 0.05) is 18.0 Å². The Labute approximate surface area is 144 Å². The lowest BCUT2D eigenvalue weighted by Gasteiger charge is -2.19. The van der Waals surface area contributed by atoms with Crippen LogP contribution in [-0.2, 0) is 0 Å². The molecule has 0 radical (unpaired) electrons. The average molecular weight is 336 g/mol. The number of rotatable bonds is 4. The number of aromatic nitrogens is 3. The molecule has 0 unspecified atom stereocenters. The van der Waals surface area contributed by atoms with E-state index in [0.717, 1.165) is 17.1 Å². The molecule has 8 nitrogen and oxygen atoms in total. The molecular formula is C17H16N6O2. The molecule has 4 rings (SSSR count). The van der Waals surface area contributed by atoms with Crippen LogP contribution in [0.15, 0.2) is 49.1 Å². The zero-order valence-electron chi connectivity index (χ0n) is 13.3. The number of benzene rings is 1. The third kappa shape index (κ3) is 3.23. The Kier molecular flexibility index (Phi) is 3.91. The zero-order valence-corrected chi connectivity index (χ0v) is 13.3. The van der Waals surface area contributed by atoms with E-state index in [1.54, 1.807) is 12.4 Å². The van der Waals surface area contributed by atoms with E-state index in [4.69, 9.17) is 15.2 Å². The molecule has 3 aromatic rings. The summed E-state index contributed by atoms with van der Waals surface area (Å²) < 4.78 is 11.1. The van der Waals surface area contributed by atoms with E-state index in [0.29, 0.717) is 36.3 Å². The molecule has 4 N–H and O–H groups in total. The molecule has 126 valence electrons. The van der Waals surface area contributed by atoms with Gasteiger partial charge in [-0.15, -0.1) is 0 Å². The second-order valence-electron chi connectivity index (χ2n) is 5.33. The molecule has 0 atom stereocenters. The number of nitrogens with zero attached hydrogens (tertiary/aromatic N) is 3. The third-order valence-corrected chi connectivity index (χ3v) is 3.61. The molecular weight excluding hydrogens is 320 g/mol. The van der Waals surface area contributed by atoms with Crippen LogP contribution in [0.1, 0.15) is 0 Å². The van der Waals surface area contributed by atoms with Gasteiger partial charge >= 0.3 is 0 Å². The first kappa shape index (κ1) is 15.0. The fourth-order valence-electron chi connectivity index (χ4n) is 2.43. The van der Waals surface area contributed by atoms with E-state index in [9.17, 15) is 0 Å². The van der Waals surface area contributed by atoms with Crippen molar-refractivity contribution >= 4 is 28.7 Å². The monoisotopic (exact) mass is 336 g/mol. The van der Waals surface area contributed by atoms with Gasteiger partial charge in [-0.05, 0) is 24.3 Å². The normalized spacial score (nSPS) is 12.5. The van der Waals surface area contributed by atoms with Gasteiger partial charge in [0.2, 0.25) is 0 Å². The first-order valence-electron chi connectivity index (χ1n) is 7.74. The minimum atomic E-state index is 0.404. The third-order valence-electron chi connectivity index (χ3n) is 3.61. The van der Waals surface area contributed by atoms with E-state index >= 15 is 0 Å². The van der Waals surface area contributed by atoms with Crippen molar-refractivity contribution in [2.45, 2.75) is 0 Å². The Morgan fingerprint density at radius 3 is 2.44 bits per heavy atom. The number of anilines is 5. The quantitative estimate of drug-likeness (QED) is 0.667. The van der Waals surface area contributed by atoms with Gasteiger partial charge in [-0.1, -0.05) is 0 Å². The van der Waals surface area contributed by atoms with Gasteiger partial charge in [0.25, 0.3) is 0 Å². The van der Waals surface area contributed by atoms with E-state index in [-0.39, 0.29) is 0 Å². The van der Waals surface area contributed by atoms with Crippen molar-refractivity contribution in [1.82, 2.24) is 15.0 Å². The van der Waals surface area contributed by atoms with Crippen LogP contribution >= 0.6 is 0 Å². The minimum Gasteiger partial charge on any atom is -0.486 e. The molecule has 0 bridgehead atoms. The molecule has 0 aliphatic carbocycles. The lowest BCUT2D eigenvalue weighted by molar-refractivity contribution is 0.171. The van der Waals surface area contributed by atoms with Gasteiger partial charge < -0.3 is 25.8 Å². The van der Waals surface area contributed by atoms with Crippen LogP contribution in [0, 0.1) is 0 Å². The molecule has 0 saturated carbocycles. The van der Waals surface area contributed by atoms with Crippen LogP contribution in [0.5, 0.6) is 11.5 Å². The largest absolute Gasteiger partial charge is 0.486 e. The highest BCUT2D eigenvalue weighted by atomic mass is 16.6. The molecule has 1 aliphatic rings. The number of nitrogens with one attached hydrogen (secondary N) is 2. The lowest BCUT2D eigenvalue weighted by atomic mass is 10.2. The second kappa shape index (κ2) is 6.52. The minimum absolute atomic E-state index is 0.404. The van der Waals surface area contributed by atoms with Gasteiger partial charge in [-0.25, -0.2) is 9.97 Å². The lowest BCUT2D eigenvalue weighted by Crippen LogP contribution is -2.15. The van der Waals surface area contributed by atoms with Crippen molar-refractivity contribution in [2.24, 2.45) is 0 Å². The molecule has 0 amide bonds. The highest BCUT2D eigenvalue weighted by Crippen LogP contribution is 2.34. The first-order chi connectivity index (χ1) is 12.3. The highest BCUT2D eigenvalue weighted by Gasteiger charge is 2.13. The van der Waals surface area contributed by atoms with E-state index in [1.165, 1.54) is 6.33 Å². The molecule has 0 fully saturated rings. The van der Waals surface area contributed by atoms with Crippen molar-refractivity contribution < 1.29 is 9.47 Å². The Balaban J connectivity index is 1.58. The van der Waals surface area contributed by atoms with E-state index in [1.807, 2.05) is 30.3 Å². The Morgan fingerprint density at radius 2 is 1.68 bits per heavy atom. The summed E-state index contributed by atoms with van der Waals surface area (Å²) in [6.07, 6.45) is 4.83. The molecule has 1 aliphatic heterocycles. The van der Waals surface area contributed by atoms with Gasteiger partial charge in [0.05, 0.1) is 11.9 Å². The number of nitrogen functional groups attached to an aromatic ring is 1. The summed E-state index contributed by atoms with van der Waals surface area (Å²) >= 11 is 0. The highest BCUT2D eigenvalue weighted by molar-refractivity contribution is 5.80. The van der Waals surface area contributed by atoms with Crippen molar-refractivity contribution in [3.05, 3.63) is 49.1 Å². The van der Waals surface area contributed by atoms with Gasteiger partial charge in [-0.3, -0.25) is 4.98 Å². The van der Waals surface area contributed by atoms with Crippen LogP contribution in [0.25, 0.3) is 0 Å². The van der Waals surface area contributed by atoms with Gasteiger partial charge in [-0.2, -0.15) is 0 Å². The van der Waals surface area contributed by atoms with Crippen LogP contribution in [0.4, 0.5) is 28.7 Å². The molecule has 2 aromatic heterocycles. The predicted octanol–water partition coefficient (Wildman–Crippen LogP) is 2.71. The standard InChI is InChI=1S/C17H16N6O2/c18-15-16(20-10-21-17(15)23-12-2-1-5-19-9-12)22-11-3-4-13-14(8-11)25-7-6-24-13/h1-5,8-10H,6-7,18H2,(H2,20,21,22,23). The van der Waals surface area contributed by atoms with Crippen LogP contribution in [-0.4, -0.2) is 28.2 Å². The maximum absolute atomic E-state index is 6.19. The second-order valence-corrected chi connectivity index (χ2v) is 5.33. The van der Waals surface area contributed by atoms with Crippen LogP contribution in [0.2, 0.25) is 0 Å². The summed E-state index contributed by atoms with van der Waals surface area (Å²) in [7, 11) is 0. The molecule has 0 saturated heterocycles. The summed E-state index contributed by atoms with van der Waals surface area (Å²) in [6, 6.07) is 9.28. The smallest absolute Gasteiger partial charge is 0.163 e. The van der Waals surface area contributed by atoms with Gasteiger partial charge in [0.15, 0.2) is 23.1 Å². The maximum Gasteiger partial charge on any atom is 0.163 e. The fraction of sp³-hybridized carbons (Fsp3) is 0.118. The number of hydrogen-bond acceptors (Lipinski definition) is 8. The molecule has 3 heterocycles. The topological polar surface area (TPSA) is 107 Å². The average Bonchev–Trinajstić information content (AvgIpc) is 2.66. The Bertz CT molecular complexity index is 888. The molecule has 1 aromatic carbocycles. The maximum atomic E-state index is 6.19. The van der Waals surface area contributed by atoms with Crippen LogP contribution < -0.4 is 25.8 Å². The molecule has 0 spiro atoms. The Hall–Kier alpha value is -3.55. The van der Waals surface area contributed by atoms with Crippen molar-refractivity contribution in [2.75, 3.05) is 29.6 Å². The van der Waals surface area contributed by atoms with E-state index < -0.39 is 0 Å². The summed E-state index contributed by atoms with van der Waals surface area (Å²) in [6.45, 7) is 1.09.